The molecule has 1 amide bonds. The molecule has 0 saturated carbocycles. The smallest absolute Gasteiger partial charge is 0.346 e. The van der Waals surface area contributed by atoms with Crippen LogP contribution in [0.1, 0.15) is 18.7 Å². The van der Waals surface area contributed by atoms with Crippen molar-refractivity contribution in [3.63, 3.8) is 0 Å². The number of hydrogen-bond acceptors (Lipinski definition) is 5. The summed E-state index contributed by atoms with van der Waals surface area (Å²) in [4.78, 5) is 14.0. The molecule has 6 nitrogen and oxygen atoms in total. The van der Waals surface area contributed by atoms with Gasteiger partial charge in [-0.05, 0) is 38.1 Å². The van der Waals surface area contributed by atoms with Crippen LogP contribution in [0.2, 0.25) is 0 Å². The molecule has 27 heavy (non-hydrogen) atoms. The van der Waals surface area contributed by atoms with Crippen molar-refractivity contribution in [2.45, 2.75) is 30.7 Å². The minimum atomic E-state index is -4.42. The standard InChI is InChI=1S/C17H20F3N5OS/c18-17(19,20)12-21-15(26)11-27-16-23-22-14(10-24-8-4-5-9-24)25(16)13-6-2-1-3-7-13/h1-3,6-7H,4-5,8-12H2,(H,21,26). The Bertz CT molecular complexity index is 760. The molecule has 1 aromatic carbocycles. The first kappa shape index (κ1) is 19.7. The largest absolute Gasteiger partial charge is 0.405 e. The Hall–Kier alpha value is -2.07. The molecule has 0 unspecified atom stereocenters. The third kappa shape index (κ3) is 5.70. The number of amides is 1. The maximum Gasteiger partial charge on any atom is 0.405 e. The lowest BCUT2D eigenvalue weighted by molar-refractivity contribution is -0.136. The number of rotatable bonds is 7. The van der Waals surface area contributed by atoms with Gasteiger partial charge in [-0.1, -0.05) is 30.0 Å². The number of benzene rings is 1. The summed E-state index contributed by atoms with van der Waals surface area (Å²) in [5, 5.41) is 10.8. The van der Waals surface area contributed by atoms with Gasteiger partial charge in [0.2, 0.25) is 5.91 Å². The summed E-state index contributed by atoms with van der Waals surface area (Å²) in [6, 6.07) is 9.49. The Morgan fingerprint density at radius 2 is 1.85 bits per heavy atom. The zero-order valence-electron chi connectivity index (χ0n) is 14.6. The molecule has 2 aromatic rings. The third-order valence-electron chi connectivity index (χ3n) is 4.10. The fourth-order valence-corrected chi connectivity index (χ4v) is 3.65. The topological polar surface area (TPSA) is 63.1 Å². The van der Waals surface area contributed by atoms with Gasteiger partial charge in [0.05, 0.1) is 12.3 Å². The van der Waals surface area contributed by atoms with Gasteiger partial charge in [-0.25, -0.2) is 0 Å². The number of hydrogen-bond donors (Lipinski definition) is 1. The van der Waals surface area contributed by atoms with Crippen LogP contribution >= 0.6 is 11.8 Å². The van der Waals surface area contributed by atoms with Crippen LogP contribution in [0.5, 0.6) is 0 Å². The van der Waals surface area contributed by atoms with Gasteiger partial charge in [-0.15, -0.1) is 10.2 Å². The van der Waals surface area contributed by atoms with Gasteiger partial charge in [-0.2, -0.15) is 13.2 Å². The predicted molar refractivity (Wildman–Crippen MR) is 95.7 cm³/mol. The number of nitrogens with zero attached hydrogens (tertiary/aromatic N) is 4. The Kier molecular flexibility index (Phi) is 6.38. The van der Waals surface area contributed by atoms with Gasteiger partial charge in [-0.3, -0.25) is 14.3 Å². The van der Waals surface area contributed by atoms with Gasteiger partial charge in [0, 0.05) is 5.69 Å². The maximum absolute atomic E-state index is 12.2. The predicted octanol–water partition coefficient (Wildman–Crippen LogP) is 2.63. The highest BCUT2D eigenvalue weighted by Gasteiger charge is 2.28. The van der Waals surface area contributed by atoms with Crippen molar-refractivity contribution in [3.05, 3.63) is 36.2 Å². The van der Waals surface area contributed by atoms with Crippen molar-refractivity contribution < 1.29 is 18.0 Å². The van der Waals surface area contributed by atoms with E-state index in [-0.39, 0.29) is 5.75 Å². The van der Waals surface area contributed by atoms with Crippen molar-refractivity contribution in [2.75, 3.05) is 25.4 Å². The van der Waals surface area contributed by atoms with Crippen LogP contribution in [-0.2, 0) is 11.3 Å². The molecule has 10 heteroatoms. The molecular formula is C17H20F3N5OS. The number of carbonyl (C=O) groups is 1. The molecule has 0 radical (unpaired) electrons. The van der Waals surface area contributed by atoms with Crippen LogP contribution in [0, 0.1) is 0 Å². The summed E-state index contributed by atoms with van der Waals surface area (Å²) in [6.45, 7) is 1.31. The molecule has 2 heterocycles. The van der Waals surface area contributed by atoms with E-state index < -0.39 is 18.6 Å². The van der Waals surface area contributed by atoms with Gasteiger partial charge < -0.3 is 5.32 Å². The summed E-state index contributed by atoms with van der Waals surface area (Å²) in [5.74, 6) is -0.104. The highest BCUT2D eigenvalue weighted by Crippen LogP contribution is 2.23. The summed E-state index contributed by atoms with van der Waals surface area (Å²) >= 11 is 1.07. The number of carbonyl (C=O) groups excluding carboxylic acids is 1. The van der Waals surface area contributed by atoms with Gasteiger partial charge in [0.25, 0.3) is 0 Å². The van der Waals surface area contributed by atoms with E-state index in [1.165, 1.54) is 0 Å². The Morgan fingerprint density at radius 3 is 2.52 bits per heavy atom. The van der Waals surface area contributed by atoms with Crippen molar-refractivity contribution in [1.82, 2.24) is 25.0 Å². The quantitative estimate of drug-likeness (QED) is 0.726. The molecular weight excluding hydrogens is 379 g/mol. The molecule has 1 saturated heterocycles. The number of para-hydroxylation sites is 1. The van der Waals surface area contributed by atoms with E-state index >= 15 is 0 Å². The van der Waals surface area contributed by atoms with Gasteiger partial charge in [0.15, 0.2) is 11.0 Å². The SMILES string of the molecule is O=C(CSc1nnc(CN2CCCC2)n1-c1ccccc1)NCC(F)(F)F. The normalized spacial score (nSPS) is 15.2. The monoisotopic (exact) mass is 399 g/mol. The number of halogens is 3. The molecule has 1 fully saturated rings. The van der Waals surface area contributed by atoms with Crippen molar-refractivity contribution >= 4 is 17.7 Å². The van der Waals surface area contributed by atoms with Crippen LogP contribution in [0.25, 0.3) is 5.69 Å². The van der Waals surface area contributed by atoms with Crippen molar-refractivity contribution in [2.24, 2.45) is 0 Å². The first-order valence-electron chi connectivity index (χ1n) is 8.61. The minimum Gasteiger partial charge on any atom is -0.346 e. The van der Waals surface area contributed by atoms with E-state index in [9.17, 15) is 18.0 Å². The maximum atomic E-state index is 12.2. The number of likely N-dealkylation sites (tertiary alicyclic amines) is 1. The highest BCUT2D eigenvalue weighted by atomic mass is 32.2. The Morgan fingerprint density at radius 1 is 1.15 bits per heavy atom. The molecule has 0 atom stereocenters. The lowest BCUT2D eigenvalue weighted by Crippen LogP contribution is -2.34. The second kappa shape index (κ2) is 8.75. The zero-order chi connectivity index (χ0) is 19.3. The third-order valence-corrected chi connectivity index (χ3v) is 5.03. The molecule has 1 aliphatic rings. The molecule has 0 bridgehead atoms. The van der Waals surface area contributed by atoms with E-state index in [2.05, 4.69) is 15.1 Å². The van der Waals surface area contributed by atoms with Crippen LogP contribution in [0.4, 0.5) is 13.2 Å². The lowest BCUT2D eigenvalue weighted by Gasteiger charge is -2.16. The molecule has 0 spiro atoms. The summed E-state index contributed by atoms with van der Waals surface area (Å²) in [5.41, 5.74) is 0.856. The number of thioether (sulfide) groups is 1. The van der Waals surface area contributed by atoms with E-state index in [1.807, 2.05) is 40.2 Å². The second-order valence-corrected chi connectivity index (χ2v) is 7.18. The number of alkyl halides is 3. The molecule has 1 aromatic heterocycles. The van der Waals surface area contributed by atoms with Crippen molar-refractivity contribution in [1.29, 1.82) is 0 Å². The van der Waals surface area contributed by atoms with E-state index in [0.29, 0.717) is 11.7 Å². The summed E-state index contributed by atoms with van der Waals surface area (Å²) < 4.78 is 38.5. The fourth-order valence-electron chi connectivity index (χ4n) is 2.85. The Labute approximate surface area is 159 Å². The van der Waals surface area contributed by atoms with E-state index in [1.54, 1.807) is 0 Å². The van der Waals surface area contributed by atoms with E-state index in [4.69, 9.17) is 0 Å². The van der Waals surface area contributed by atoms with Crippen LogP contribution in [0.3, 0.4) is 0 Å². The zero-order valence-corrected chi connectivity index (χ0v) is 15.4. The second-order valence-electron chi connectivity index (χ2n) is 6.23. The molecule has 3 rings (SSSR count). The Balaban J connectivity index is 1.72. The summed E-state index contributed by atoms with van der Waals surface area (Å²) in [6.07, 6.45) is -2.12. The molecule has 1 N–H and O–H groups in total. The first-order valence-corrected chi connectivity index (χ1v) is 9.59. The van der Waals surface area contributed by atoms with Crippen LogP contribution in [-0.4, -0.2) is 57.1 Å². The van der Waals surface area contributed by atoms with Gasteiger partial charge in [0.1, 0.15) is 6.54 Å². The van der Waals surface area contributed by atoms with Crippen LogP contribution in [0.15, 0.2) is 35.5 Å². The molecule has 146 valence electrons. The van der Waals surface area contributed by atoms with Gasteiger partial charge >= 0.3 is 6.18 Å². The molecule has 0 aliphatic carbocycles. The van der Waals surface area contributed by atoms with Crippen LogP contribution < -0.4 is 5.32 Å². The minimum absolute atomic E-state index is 0.162. The first-order chi connectivity index (χ1) is 12.9. The van der Waals surface area contributed by atoms with E-state index in [0.717, 1.165) is 49.2 Å². The average molecular weight is 399 g/mol. The number of nitrogens with one attached hydrogen (secondary N) is 1. The number of aromatic nitrogens is 3. The highest BCUT2D eigenvalue weighted by molar-refractivity contribution is 7.99. The van der Waals surface area contributed by atoms with Crippen molar-refractivity contribution in [3.8, 4) is 5.69 Å². The lowest BCUT2D eigenvalue weighted by atomic mass is 10.3. The average Bonchev–Trinajstić information content (AvgIpc) is 3.28. The fraction of sp³-hybridized carbons (Fsp3) is 0.471. The molecule has 1 aliphatic heterocycles. The summed E-state index contributed by atoms with van der Waals surface area (Å²) in [7, 11) is 0.